The van der Waals surface area contributed by atoms with Crippen LogP contribution in [0.4, 0.5) is 0 Å². The molecule has 2 heterocycles. The van der Waals surface area contributed by atoms with Gasteiger partial charge in [-0.05, 0) is 22.9 Å². The average Bonchev–Trinajstić information content (AvgIpc) is 2.82. The average molecular weight is 247 g/mol. The largest absolute Gasteiger partial charge is 0.388 e. The molecule has 0 amide bonds. The molecule has 0 bridgehead atoms. The number of aliphatic hydroxyl groups excluding tert-OH is 1. The van der Waals surface area contributed by atoms with Crippen LogP contribution in [-0.2, 0) is 7.05 Å². The number of tetrazole rings is 1. The fraction of sp³-hybridized carbons (Fsp3) is 0.500. The highest BCUT2D eigenvalue weighted by molar-refractivity contribution is 5.54. The molecule has 0 fully saturated rings. The third-order valence-corrected chi connectivity index (χ3v) is 2.86. The number of hydrogen-bond donors (Lipinski definition) is 1. The first-order valence-electron chi connectivity index (χ1n) is 6.09. The molecule has 1 N–H and O–H groups in total. The third kappa shape index (κ3) is 2.53. The van der Waals surface area contributed by atoms with Gasteiger partial charge in [-0.25, -0.2) is 4.68 Å². The summed E-state index contributed by atoms with van der Waals surface area (Å²) >= 11 is 0. The van der Waals surface area contributed by atoms with Crippen LogP contribution >= 0.6 is 0 Å². The van der Waals surface area contributed by atoms with E-state index in [2.05, 4.69) is 27.4 Å². The maximum atomic E-state index is 10.2. The Morgan fingerprint density at radius 3 is 2.94 bits per heavy atom. The summed E-state index contributed by atoms with van der Waals surface area (Å²) in [6.45, 7) is 2.10. The fourth-order valence-electron chi connectivity index (χ4n) is 1.86. The summed E-state index contributed by atoms with van der Waals surface area (Å²) in [5, 5.41) is 21.5. The fourth-order valence-corrected chi connectivity index (χ4v) is 1.86. The molecule has 0 saturated carbocycles. The molecule has 6 heteroatoms. The molecule has 0 aliphatic rings. The number of hydrogen-bond acceptors (Lipinski definition) is 5. The van der Waals surface area contributed by atoms with E-state index in [1.54, 1.807) is 17.9 Å². The standard InChI is InChI=1S/C12H17N5O/c1-3-4-7-10(18)9-6-5-8-13-11(9)12-14-15-16-17(12)2/h5-6,8,10,18H,3-4,7H2,1-2H3. The van der Waals surface area contributed by atoms with Crippen molar-refractivity contribution in [2.75, 3.05) is 0 Å². The zero-order valence-corrected chi connectivity index (χ0v) is 10.6. The van der Waals surface area contributed by atoms with Crippen molar-refractivity contribution in [3.8, 4) is 11.5 Å². The van der Waals surface area contributed by atoms with Gasteiger partial charge in [0.05, 0.1) is 6.10 Å². The molecule has 2 aromatic rings. The lowest BCUT2D eigenvalue weighted by molar-refractivity contribution is 0.164. The second-order valence-corrected chi connectivity index (χ2v) is 4.23. The van der Waals surface area contributed by atoms with Crippen molar-refractivity contribution < 1.29 is 5.11 Å². The minimum absolute atomic E-state index is 0.523. The summed E-state index contributed by atoms with van der Waals surface area (Å²) in [4.78, 5) is 4.29. The number of unbranched alkanes of at least 4 members (excludes halogenated alkanes) is 1. The predicted molar refractivity (Wildman–Crippen MR) is 66.5 cm³/mol. The molecular formula is C12H17N5O. The van der Waals surface area contributed by atoms with Crippen LogP contribution in [0.5, 0.6) is 0 Å². The van der Waals surface area contributed by atoms with E-state index in [4.69, 9.17) is 0 Å². The Kier molecular flexibility index (Phi) is 3.99. The quantitative estimate of drug-likeness (QED) is 0.866. The van der Waals surface area contributed by atoms with Gasteiger partial charge in [0.1, 0.15) is 5.69 Å². The maximum absolute atomic E-state index is 10.2. The first-order valence-corrected chi connectivity index (χ1v) is 6.09. The molecule has 96 valence electrons. The SMILES string of the molecule is CCCCC(O)c1cccnc1-c1nnnn1C. The van der Waals surface area contributed by atoms with Gasteiger partial charge in [0.2, 0.25) is 5.82 Å². The maximum Gasteiger partial charge on any atom is 0.200 e. The number of pyridine rings is 1. The normalized spacial score (nSPS) is 12.6. The van der Waals surface area contributed by atoms with Crippen LogP contribution in [0.25, 0.3) is 11.5 Å². The molecule has 18 heavy (non-hydrogen) atoms. The summed E-state index contributed by atoms with van der Waals surface area (Å²) in [5.74, 6) is 0.571. The van der Waals surface area contributed by atoms with E-state index in [9.17, 15) is 5.11 Å². The smallest absolute Gasteiger partial charge is 0.200 e. The number of aromatic nitrogens is 5. The van der Waals surface area contributed by atoms with E-state index in [1.807, 2.05) is 12.1 Å². The molecule has 0 aliphatic heterocycles. The van der Waals surface area contributed by atoms with Crippen molar-refractivity contribution in [3.05, 3.63) is 23.9 Å². The van der Waals surface area contributed by atoms with Crippen LogP contribution < -0.4 is 0 Å². The molecule has 1 atom stereocenters. The van der Waals surface area contributed by atoms with E-state index in [1.165, 1.54) is 0 Å². The molecule has 2 rings (SSSR count). The number of aryl methyl sites for hydroxylation is 1. The van der Waals surface area contributed by atoms with E-state index in [0.717, 1.165) is 24.8 Å². The van der Waals surface area contributed by atoms with Crippen molar-refractivity contribution in [2.45, 2.75) is 32.3 Å². The molecule has 0 radical (unpaired) electrons. The second-order valence-electron chi connectivity index (χ2n) is 4.23. The Morgan fingerprint density at radius 2 is 2.28 bits per heavy atom. The van der Waals surface area contributed by atoms with Gasteiger partial charge in [-0.3, -0.25) is 4.98 Å². The minimum atomic E-state index is -0.523. The molecule has 1 unspecified atom stereocenters. The van der Waals surface area contributed by atoms with Gasteiger partial charge in [-0.2, -0.15) is 0 Å². The molecule has 0 spiro atoms. The Hall–Kier alpha value is -1.82. The molecule has 0 aromatic carbocycles. The molecular weight excluding hydrogens is 230 g/mol. The molecule has 0 saturated heterocycles. The van der Waals surface area contributed by atoms with Crippen LogP contribution in [0, 0.1) is 0 Å². The predicted octanol–water partition coefficient (Wildman–Crippen LogP) is 1.50. The Morgan fingerprint density at radius 1 is 1.44 bits per heavy atom. The second kappa shape index (κ2) is 5.68. The van der Waals surface area contributed by atoms with Crippen molar-refractivity contribution in [3.63, 3.8) is 0 Å². The van der Waals surface area contributed by atoms with E-state index >= 15 is 0 Å². The third-order valence-electron chi connectivity index (χ3n) is 2.86. The van der Waals surface area contributed by atoms with Crippen LogP contribution in [0.1, 0.15) is 37.9 Å². The van der Waals surface area contributed by atoms with E-state index in [0.29, 0.717) is 11.5 Å². The van der Waals surface area contributed by atoms with Gasteiger partial charge >= 0.3 is 0 Å². The first kappa shape index (κ1) is 12.6. The zero-order chi connectivity index (χ0) is 13.0. The Balaban J connectivity index is 2.34. The van der Waals surface area contributed by atoms with Gasteiger partial charge in [0.15, 0.2) is 0 Å². The number of aliphatic hydroxyl groups is 1. The summed E-state index contributed by atoms with van der Waals surface area (Å²) in [5.41, 5.74) is 1.43. The van der Waals surface area contributed by atoms with Crippen LogP contribution in [0.2, 0.25) is 0 Å². The lowest BCUT2D eigenvalue weighted by Gasteiger charge is -2.13. The lowest BCUT2D eigenvalue weighted by atomic mass is 10.0. The van der Waals surface area contributed by atoms with E-state index in [-0.39, 0.29) is 0 Å². The van der Waals surface area contributed by atoms with Gasteiger partial charge in [-0.15, -0.1) is 5.10 Å². The van der Waals surface area contributed by atoms with Crippen LogP contribution in [0.3, 0.4) is 0 Å². The number of nitrogens with zero attached hydrogens (tertiary/aromatic N) is 5. The van der Waals surface area contributed by atoms with Crippen molar-refractivity contribution in [2.24, 2.45) is 7.05 Å². The van der Waals surface area contributed by atoms with Gasteiger partial charge < -0.3 is 5.11 Å². The van der Waals surface area contributed by atoms with Crippen LogP contribution in [0.15, 0.2) is 18.3 Å². The van der Waals surface area contributed by atoms with Crippen molar-refractivity contribution in [1.29, 1.82) is 0 Å². The number of rotatable bonds is 5. The highest BCUT2D eigenvalue weighted by Gasteiger charge is 2.17. The summed E-state index contributed by atoms with van der Waals surface area (Å²) in [7, 11) is 1.76. The van der Waals surface area contributed by atoms with Crippen molar-refractivity contribution >= 4 is 0 Å². The highest BCUT2D eigenvalue weighted by atomic mass is 16.3. The minimum Gasteiger partial charge on any atom is -0.388 e. The zero-order valence-electron chi connectivity index (χ0n) is 10.6. The molecule has 0 aliphatic carbocycles. The topological polar surface area (TPSA) is 76.7 Å². The Bertz CT molecular complexity index is 511. The molecule has 2 aromatic heterocycles. The van der Waals surface area contributed by atoms with Gasteiger partial charge in [-0.1, -0.05) is 25.8 Å². The molecule has 6 nitrogen and oxygen atoms in total. The summed E-state index contributed by atoms with van der Waals surface area (Å²) in [6, 6.07) is 3.69. The first-order chi connectivity index (χ1) is 8.74. The van der Waals surface area contributed by atoms with Crippen LogP contribution in [-0.4, -0.2) is 30.3 Å². The summed E-state index contributed by atoms with van der Waals surface area (Å²) in [6.07, 6.45) is 3.91. The van der Waals surface area contributed by atoms with E-state index < -0.39 is 6.10 Å². The van der Waals surface area contributed by atoms with Crippen molar-refractivity contribution in [1.82, 2.24) is 25.2 Å². The summed E-state index contributed by atoms with van der Waals surface area (Å²) < 4.78 is 1.55. The van der Waals surface area contributed by atoms with Gasteiger partial charge in [0.25, 0.3) is 0 Å². The van der Waals surface area contributed by atoms with Gasteiger partial charge in [0, 0.05) is 18.8 Å². The Labute approximate surface area is 106 Å². The monoisotopic (exact) mass is 247 g/mol. The highest BCUT2D eigenvalue weighted by Crippen LogP contribution is 2.26. The lowest BCUT2D eigenvalue weighted by Crippen LogP contribution is -2.05.